The summed E-state index contributed by atoms with van der Waals surface area (Å²) in [5, 5.41) is 3.35. The summed E-state index contributed by atoms with van der Waals surface area (Å²) < 4.78 is 1.77. The van der Waals surface area contributed by atoms with Gasteiger partial charge in [-0.05, 0) is 63.1 Å². The van der Waals surface area contributed by atoms with Crippen molar-refractivity contribution in [3.63, 3.8) is 0 Å². The van der Waals surface area contributed by atoms with E-state index >= 15 is 0 Å². The van der Waals surface area contributed by atoms with Gasteiger partial charge in [0.1, 0.15) is 0 Å². The third kappa shape index (κ3) is 3.42. The standard InChI is InChI=1S/C18H24N2O/c1-12-6-7-20(17(21)10-12)11-16(19-5)18-14(3)8-13(2)9-15(18)4/h6-10,16,19H,11H2,1-5H3. The van der Waals surface area contributed by atoms with Gasteiger partial charge in [-0.3, -0.25) is 4.79 Å². The SMILES string of the molecule is CNC(Cn1ccc(C)cc1=O)c1c(C)cc(C)cc1C. The number of aromatic nitrogens is 1. The lowest BCUT2D eigenvalue weighted by Crippen LogP contribution is -2.29. The molecule has 0 saturated heterocycles. The normalized spacial score (nSPS) is 12.4. The Labute approximate surface area is 126 Å². The maximum Gasteiger partial charge on any atom is 0.250 e. The molecule has 1 N–H and O–H groups in total. The molecule has 0 saturated carbocycles. The predicted molar refractivity (Wildman–Crippen MR) is 87.9 cm³/mol. The molecule has 3 heteroatoms. The number of nitrogens with zero attached hydrogens (tertiary/aromatic N) is 1. The largest absolute Gasteiger partial charge is 0.314 e. The summed E-state index contributed by atoms with van der Waals surface area (Å²) in [5.74, 6) is 0. The first-order valence-corrected chi connectivity index (χ1v) is 7.34. The van der Waals surface area contributed by atoms with E-state index in [1.54, 1.807) is 10.6 Å². The van der Waals surface area contributed by atoms with Crippen LogP contribution in [0.1, 0.15) is 33.9 Å². The van der Waals surface area contributed by atoms with Crippen molar-refractivity contribution in [2.45, 2.75) is 40.3 Å². The Morgan fingerprint density at radius 2 is 1.67 bits per heavy atom. The molecule has 2 aromatic rings. The zero-order valence-corrected chi connectivity index (χ0v) is 13.5. The van der Waals surface area contributed by atoms with Crippen LogP contribution >= 0.6 is 0 Å². The average Bonchev–Trinajstić information content (AvgIpc) is 2.39. The van der Waals surface area contributed by atoms with Gasteiger partial charge in [0, 0.05) is 18.8 Å². The van der Waals surface area contributed by atoms with Crippen LogP contribution in [0, 0.1) is 27.7 Å². The van der Waals surface area contributed by atoms with Crippen molar-refractivity contribution in [3.05, 3.63) is 68.6 Å². The van der Waals surface area contributed by atoms with E-state index in [9.17, 15) is 4.79 Å². The van der Waals surface area contributed by atoms with Gasteiger partial charge in [0.05, 0.1) is 6.04 Å². The van der Waals surface area contributed by atoms with Gasteiger partial charge >= 0.3 is 0 Å². The fraction of sp³-hybridized carbons (Fsp3) is 0.389. The highest BCUT2D eigenvalue weighted by Gasteiger charge is 2.16. The number of rotatable bonds is 4. The second-order valence-corrected chi connectivity index (χ2v) is 5.85. The predicted octanol–water partition coefficient (Wildman–Crippen LogP) is 3.04. The molecule has 2 rings (SSSR count). The number of pyridine rings is 1. The van der Waals surface area contributed by atoms with Gasteiger partial charge in [-0.25, -0.2) is 0 Å². The van der Waals surface area contributed by atoms with Gasteiger partial charge in [0.2, 0.25) is 0 Å². The number of aryl methyl sites for hydroxylation is 4. The van der Waals surface area contributed by atoms with Gasteiger partial charge in [-0.1, -0.05) is 17.7 Å². The van der Waals surface area contributed by atoms with Crippen molar-refractivity contribution in [2.24, 2.45) is 0 Å². The zero-order chi connectivity index (χ0) is 15.6. The lowest BCUT2D eigenvalue weighted by atomic mass is 9.94. The first-order valence-electron chi connectivity index (χ1n) is 7.34. The van der Waals surface area contributed by atoms with E-state index in [1.807, 2.05) is 26.2 Å². The molecular weight excluding hydrogens is 260 g/mol. The summed E-state index contributed by atoms with van der Waals surface area (Å²) in [6.45, 7) is 8.97. The Morgan fingerprint density at radius 1 is 1.05 bits per heavy atom. The Hall–Kier alpha value is -1.87. The third-order valence-corrected chi connectivity index (χ3v) is 3.97. The lowest BCUT2D eigenvalue weighted by Gasteiger charge is -2.23. The monoisotopic (exact) mass is 284 g/mol. The van der Waals surface area contributed by atoms with E-state index in [1.165, 1.54) is 22.3 Å². The minimum atomic E-state index is 0.0534. The molecule has 112 valence electrons. The fourth-order valence-electron chi connectivity index (χ4n) is 3.02. The van der Waals surface area contributed by atoms with Crippen LogP contribution in [0.3, 0.4) is 0 Å². The zero-order valence-electron chi connectivity index (χ0n) is 13.5. The molecule has 1 heterocycles. The second kappa shape index (κ2) is 6.27. The summed E-state index contributed by atoms with van der Waals surface area (Å²) in [7, 11) is 1.95. The maximum absolute atomic E-state index is 12.1. The fourth-order valence-corrected chi connectivity index (χ4v) is 3.02. The van der Waals surface area contributed by atoms with Gasteiger partial charge in [-0.15, -0.1) is 0 Å². The Morgan fingerprint density at radius 3 is 2.19 bits per heavy atom. The Kier molecular flexibility index (Phi) is 4.63. The van der Waals surface area contributed by atoms with Crippen LogP contribution in [0.25, 0.3) is 0 Å². The molecule has 0 aliphatic carbocycles. The highest BCUT2D eigenvalue weighted by Crippen LogP contribution is 2.24. The summed E-state index contributed by atoms with van der Waals surface area (Å²) in [5.41, 5.74) is 6.16. The van der Waals surface area contributed by atoms with E-state index in [4.69, 9.17) is 0 Å². The first-order chi connectivity index (χ1) is 9.92. The van der Waals surface area contributed by atoms with Gasteiger partial charge in [0.15, 0.2) is 0 Å². The van der Waals surface area contributed by atoms with E-state index in [0.717, 1.165) is 5.56 Å². The number of hydrogen-bond acceptors (Lipinski definition) is 2. The van der Waals surface area contributed by atoms with E-state index < -0.39 is 0 Å². The van der Waals surface area contributed by atoms with Crippen molar-refractivity contribution in [1.29, 1.82) is 0 Å². The first kappa shape index (κ1) is 15.5. The minimum absolute atomic E-state index is 0.0534. The molecule has 3 nitrogen and oxygen atoms in total. The number of hydrogen-bond donors (Lipinski definition) is 1. The molecule has 0 aliphatic heterocycles. The van der Waals surface area contributed by atoms with Crippen LogP contribution in [-0.4, -0.2) is 11.6 Å². The van der Waals surface area contributed by atoms with Gasteiger partial charge < -0.3 is 9.88 Å². The van der Waals surface area contributed by atoms with Crippen LogP contribution in [0.15, 0.2) is 35.3 Å². The van der Waals surface area contributed by atoms with Crippen LogP contribution in [0.2, 0.25) is 0 Å². The van der Waals surface area contributed by atoms with Crippen LogP contribution in [-0.2, 0) is 6.54 Å². The molecular formula is C18H24N2O. The van der Waals surface area contributed by atoms with Crippen molar-refractivity contribution >= 4 is 0 Å². The molecule has 0 bridgehead atoms. The summed E-state index contributed by atoms with van der Waals surface area (Å²) in [4.78, 5) is 12.1. The van der Waals surface area contributed by atoms with Crippen LogP contribution in [0.5, 0.6) is 0 Å². The number of likely N-dealkylation sites (N-methyl/N-ethyl adjacent to an activating group) is 1. The molecule has 0 fully saturated rings. The smallest absolute Gasteiger partial charge is 0.250 e. The number of nitrogens with one attached hydrogen (secondary N) is 1. The van der Waals surface area contributed by atoms with Gasteiger partial charge in [0.25, 0.3) is 5.56 Å². The van der Waals surface area contributed by atoms with E-state index in [0.29, 0.717) is 6.54 Å². The molecule has 0 aliphatic rings. The van der Waals surface area contributed by atoms with Gasteiger partial charge in [-0.2, -0.15) is 0 Å². The molecule has 1 atom stereocenters. The van der Waals surface area contributed by atoms with Crippen LogP contribution in [0.4, 0.5) is 0 Å². The van der Waals surface area contributed by atoms with E-state index in [2.05, 4.69) is 38.2 Å². The lowest BCUT2D eigenvalue weighted by molar-refractivity contribution is 0.487. The molecule has 21 heavy (non-hydrogen) atoms. The summed E-state index contributed by atoms with van der Waals surface area (Å²) in [6.07, 6.45) is 1.88. The van der Waals surface area contributed by atoms with Crippen molar-refractivity contribution in [3.8, 4) is 0 Å². The molecule has 1 unspecified atom stereocenters. The Bertz CT molecular complexity index is 678. The molecule has 1 aromatic heterocycles. The van der Waals surface area contributed by atoms with Crippen molar-refractivity contribution in [2.75, 3.05) is 7.05 Å². The van der Waals surface area contributed by atoms with E-state index in [-0.39, 0.29) is 11.6 Å². The molecule has 0 amide bonds. The average molecular weight is 284 g/mol. The Balaban J connectivity index is 2.39. The topological polar surface area (TPSA) is 34.0 Å². The van der Waals surface area contributed by atoms with Crippen molar-refractivity contribution in [1.82, 2.24) is 9.88 Å². The maximum atomic E-state index is 12.1. The second-order valence-electron chi connectivity index (χ2n) is 5.85. The quantitative estimate of drug-likeness (QED) is 0.936. The summed E-state index contributed by atoms with van der Waals surface area (Å²) >= 11 is 0. The number of benzene rings is 1. The molecule has 1 aromatic carbocycles. The van der Waals surface area contributed by atoms with Crippen LogP contribution < -0.4 is 10.9 Å². The van der Waals surface area contributed by atoms with Crippen molar-refractivity contribution < 1.29 is 0 Å². The molecule has 0 radical (unpaired) electrons. The highest BCUT2D eigenvalue weighted by molar-refractivity contribution is 5.39. The molecule has 0 spiro atoms. The minimum Gasteiger partial charge on any atom is -0.314 e. The summed E-state index contributed by atoms with van der Waals surface area (Å²) in [6, 6.07) is 8.19. The highest BCUT2D eigenvalue weighted by atomic mass is 16.1. The third-order valence-electron chi connectivity index (χ3n) is 3.97.